The molecule has 0 saturated heterocycles. The van der Waals surface area contributed by atoms with Crippen molar-refractivity contribution in [1.82, 2.24) is 5.01 Å². The summed E-state index contributed by atoms with van der Waals surface area (Å²) in [6.07, 6.45) is 8.87. The molecule has 1 heterocycles. The molecule has 98 valence electrons. The first-order valence-corrected chi connectivity index (χ1v) is 5.86. The molecule has 0 atom stereocenters. The topological polar surface area (TPSA) is 53.9 Å². The highest BCUT2D eigenvalue weighted by atomic mass is 16.5. The van der Waals surface area contributed by atoms with E-state index in [1.807, 2.05) is 12.2 Å². The van der Waals surface area contributed by atoms with Crippen molar-refractivity contribution in [2.24, 2.45) is 5.10 Å². The molecule has 1 N–H and O–H groups in total. The molecule has 1 aliphatic rings. The Balaban J connectivity index is 1.90. The van der Waals surface area contributed by atoms with Crippen LogP contribution in [0.25, 0.3) is 0 Å². The molecule has 5 nitrogen and oxygen atoms in total. The second-order valence-corrected chi connectivity index (χ2v) is 3.87. The molecule has 0 spiro atoms. The second-order valence-electron chi connectivity index (χ2n) is 3.87. The lowest BCUT2D eigenvalue weighted by Crippen LogP contribution is -2.25. The number of carbonyl (C=O) groups excluding carboxylic acids is 1. The summed E-state index contributed by atoms with van der Waals surface area (Å²) in [5.41, 5.74) is 0.728. The van der Waals surface area contributed by atoms with Gasteiger partial charge in [-0.2, -0.15) is 5.10 Å². The number of hydrazone groups is 1. The maximum absolute atomic E-state index is 11.8. The van der Waals surface area contributed by atoms with Crippen molar-refractivity contribution < 1.29 is 9.53 Å². The summed E-state index contributed by atoms with van der Waals surface area (Å²) in [6.45, 7) is 0.167. The molecule has 0 saturated carbocycles. The molecule has 0 fully saturated rings. The van der Waals surface area contributed by atoms with Crippen molar-refractivity contribution in [3.05, 3.63) is 48.7 Å². The number of ether oxygens (including phenoxy) is 1. The van der Waals surface area contributed by atoms with Crippen LogP contribution in [0.5, 0.6) is 5.75 Å². The van der Waals surface area contributed by atoms with Gasteiger partial charge in [0, 0.05) is 18.1 Å². The van der Waals surface area contributed by atoms with Crippen LogP contribution >= 0.6 is 0 Å². The number of nitrogens with zero attached hydrogens (tertiary/aromatic N) is 2. The van der Waals surface area contributed by atoms with E-state index in [1.54, 1.807) is 54.9 Å². The van der Waals surface area contributed by atoms with Gasteiger partial charge in [0.25, 0.3) is 0 Å². The minimum absolute atomic E-state index is 0.131. The number of carbonyl (C=O) groups is 1. The zero-order valence-electron chi connectivity index (χ0n) is 10.6. The van der Waals surface area contributed by atoms with Crippen LogP contribution in [0.4, 0.5) is 5.69 Å². The number of methoxy groups -OCH3 is 1. The van der Waals surface area contributed by atoms with Crippen LogP contribution < -0.4 is 10.1 Å². The Morgan fingerprint density at radius 1 is 1.26 bits per heavy atom. The van der Waals surface area contributed by atoms with Crippen LogP contribution in [0.1, 0.15) is 0 Å². The lowest BCUT2D eigenvalue weighted by Gasteiger charge is -2.13. The first-order chi connectivity index (χ1) is 9.28. The second kappa shape index (κ2) is 6.39. The maximum Gasteiger partial charge on any atom is 0.246 e. The van der Waals surface area contributed by atoms with Crippen LogP contribution in [0, 0.1) is 0 Å². The van der Waals surface area contributed by atoms with E-state index in [1.165, 1.54) is 0 Å². The van der Waals surface area contributed by atoms with Crippen LogP contribution in [0.2, 0.25) is 0 Å². The highest BCUT2D eigenvalue weighted by Crippen LogP contribution is 2.14. The Kier molecular flexibility index (Phi) is 4.34. The van der Waals surface area contributed by atoms with Crippen molar-refractivity contribution >= 4 is 17.8 Å². The van der Waals surface area contributed by atoms with Crippen molar-refractivity contribution in [2.75, 3.05) is 19.0 Å². The monoisotopic (exact) mass is 257 g/mol. The number of anilines is 1. The Morgan fingerprint density at radius 2 is 2.05 bits per heavy atom. The molecule has 1 aliphatic heterocycles. The van der Waals surface area contributed by atoms with E-state index in [-0.39, 0.29) is 12.5 Å². The Bertz CT molecular complexity index is 502. The van der Waals surface area contributed by atoms with Crippen LogP contribution in [0.3, 0.4) is 0 Å². The zero-order valence-corrected chi connectivity index (χ0v) is 10.6. The van der Waals surface area contributed by atoms with E-state index >= 15 is 0 Å². The largest absolute Gasteiger partial charge is 0.497 e. The summed E-state index contributed by atoms with van der Waals surface area (Å²) < 4.78 is 5.05. The number of benzene rings is 1. The fourth-order valence-electron chi connectivity index (χ4n) is 1.54. The summed E-state index contributed by atoms with van der Waals surface area (Å²) >= 11 is 0. The van der Waals surface area contributed by atoms with Crippen LogP contribution in [-0.2, 0) is 4.79 Å². The van der Waals surface area contributed by atoms with Crippen molar-refractivity contribution in [3.63, 3.8) is 0 Å². The van der Waals surface area contributed by atoms with E-state index < -0.39 is 0 Å². The molecular formula is C14H15N3O2. The zero-order chi connectivity index (χ0) is 13.5. The normalized spacial score (nSPS) is 13.2. The standard InChI is InChI=1S/C14H15N3O2/c1-19-13-7-5-12(6-8-13)16-14(18)11-17-10-4-2-3-9-15-17/h2-10H,11H2,1H3,(H,16,18). The van der Waals surface area contributed by atoms with Gasteiger partial charge in [0.2, 0.25) is 5.91 Å². The molecule has 0 bridgehead atoms. The highest BCUT2D eigenvalue weighted by Gasteiger charge is 2.06. The average molecular weight is 257 g/mol. The van der Waals surface area contributed by atoms with E-state index in [0.717, 1.165) is 11.4 Å². The lowest BCUT2D eigenvalue weighted by molar-refractivity contribution is -0.116. The predicted octanol–water partition coefficient (Wildman–Crippen LogP) is 2.00. The summed E-state index contributed by atoms with van der Waals surface area (Å²) in [6, 6.07) is 7.17. The molecular weight excluding hydrogens is 242 g/mol. The third-order valence-corrected chi connectivity index (χ3v) is 2.46. The third kappa shape index (κ3) is 3.99. The third-order valence-electron chi connectivity index (χ3n) is 2.46. The average Bonchev–Trinajstić information content (AvgIpc) is 2.68. The number of rotatable bonds is 4. The lowest BCUT2D eigenvalue weighted by atomic mass is 10.3. The molecule has 5 heteroatoms. The van der Waals surface area contributed by atoms with Gasteiger partial charge in [0.1, 0.15) is 12.3 Å². The van der Waals surface area contributed by atoms with Gasteiger partial charge in [0.15, 0.2) is 0 Å². The first kappa shape index (κ1) is 12.9. The molecule has 0 aromatic heterocycles. The number of allylic oxidation sites excluding steroid dienone is 3. The molecule has 0 aliphatic carbocycles. The van der Waals surface area contributed by atoms with Gasteiger partial charge in [-0.3, -0.25) is 9.80 Å². The van der Waals surface area contributed by atoms with E-state index in [4.69, 9.17) is 4.74 Å². The number of hydrogen-bond acceptors (Lipinski definition) is 4. The minimum atomic E-state index is -0.131. The number of hydrogen-bond donors (Lipinski definition) is 1. The smallest absolute Gasteiger partial charge is 0.246 e. The van der Waals surface area contributed by atoms with Crippen molar-refractivity contribution in [1.29, 1.82) is 0 Å². The van der Waals surface area contributed by atoms with Crippen molar-refractivity contribution in [3.8, 4) is 5.75 Å². The predicted molar refractivity (Wildman–Crippen MR) is 75.1 cm³/mol. The Labute approximate surface area is 111 Å². The van der Waals surface area contributed by atoms with Gasteiger partial charge < -0.3 is 10.1 Å². The minimum Gasteiger partial charge on any atom is -0.497 e. The van der Waals surface area contributed by atoms with Gasteiger partial charge in [-0.1, -0.05) is 6.08 Å². The molecule has 2 rings (SSSR count). The molecule has 19 heavy (non-hydrogen) atoms. The molecule has 1 aromatic carbocycles. The van der Waals surface area contributed by atoms with Gasteiger partial charge in [-0.15, -0.1) is 0 Å². The van der Waals surface area contributed by atoms with E-state index in [9.17, 15) is 4.79 Å². The van der Waals surface area contributed by atoms with Gasteiger partial charge in [-0.05, 0) is 36.4 Å². The fraction of sp³-hybridized carbons (Fsp3) is 0.143. The SMILES string of the molecule is COc1ccc(NC(=O)CN2C=CC=CC=N2)cc1. The van der Waals surface area contributed by atoms with Gasteiger partial charge >= 0.3 is 0 Å². The fourth-order valence-corrected chi connectivity index (χ4v) is 1.54. The first-order valence-electron chi connectivity index (χ1n) is 5.86. The quantitative estimate of drug-likeness (QED) is 0.897. The van der Waals surface area contributed by atoms with Gasteiger partial charge in [0.05, 0.1) is 7.11 Å². The van der Waals surface area contributed by atoms with Crippen molar-refractivity contribution in [2.45, 2.75) is 0 Å². The van der Waals surface area contributed by atoms with E-state index in [2.05, 4.69) is 10.4 Å². The molecule has 0 radical (unpaired) electrons. The van der Waals surface area contributed by atoms with Crippen LogP contribution in [-0.4, -0.2) is 30.8 Å². The summed E-state index contributed by atoms with van der Waals surface area (Å²) in [7, 11) is 1.60. The van der Waals surface area contributed by atoms with Gasteiger partial charge in [-0.25, -0.2) is 0 Å². The summed E-state index contributed by atoms with van der Waals surface area (Å²) in [5.74, 6) is 0.623. The van der Waals surface area contributed by atoms with E-state index in [0.29, 0.717) is 0 Å². The summed E-state index contributed by atoms with van der Waals surface area (Å²) in [5, 5.41) is 8.45. The van der Waals surface area contributed by atoms with Crippen LogP contribution in [0.15, 0.2) is 53.8 Å². The molecule has 1 amide bonds. The highest BCUT2D eigenvalue weighted by molar-refractivity contribution is 5.92. The summed E-state index contributed by atoms with van der Waals surface area (Å²) in [4.78, 5) is 11.8. The number of amides is 1. The number of nitrogens with one attached hydrogen (secondary N) is 1. The molecule has 0 unspecified atom stereocenters. The Hall–Kier alpha value is -2.56. The maximum atomic E-state index is 11.8. The Morgan fingerprint density at radius 3 is 2.79 bits per heavy atom. The molecule has 1 aromatic rings.